The Kier molecular flexibility index (Phi) is 6.72. The molecule has 6 heteroatoms. The highest BCUT2D eigenvalue weighted by atomic mass is 16.5. The van der Waals surface area contributed by atoms with Gasteiger partial charge in [0.1, 0.15) is 5.75 Å². The lowest BCUT2D eigenvalue weighted by Gasteiger charge is -2.14. The van der Waals surface area contributed by atoms with E-state index in [0.717, 1.165) is 16.9 Å². The average molecular weight is 359 g/mol. The number of hydrogen-bond donors (Lipinski definition) is 1. The van der Waals surface area contributed by atoms with Crippen molar-refractivity contribution in [2.24, 2.45) is 0 Å². The number of rotatable bonds is 8. The van der Waals surface area contributed by atoms with Gasteiger partial charge in [-0.05, 0) is 37.1 Å². The number of hydrogen-bond acceptors (Lipinski definition) is 5. The van der Waals surface area contributed by atoms with Gasteiger partial charge in [-0.3, -0.25) is 4.79 Å². The van der Waals surface area contributed by atoms with Crippen molar-refractivity contribution in [1.82, 2.24) is 5.32 Å². The predicted molar refractivity (Wildman–Crippen MR) is 99.9 cm³/mol. The zero-order chi connectivity index (χ0) is 19.1. The first-order valence-electron chi connectivity index (χ1n) is 8.25. The summed E-state index contributed by atoms with van der Waals surface area (Å²) in [5.74, 6) is 1.94. The molecule has 0 aliphatic rings. The maximum absolute atomic E-state index is 12.5. The van der Waals surface area contributed by atoms with Crippen LogP contribution >= 0.6 is 0 Å². The number of carbonyl (C=O) groups excluding carboxylic acids is 1. The van der Waals surface area contributed by atoms with Crippen LogP contribution in [0.15, 0.2) is 30.3 Å². The fourth-order valence-corrected chi connectivity index (χ4v) is 2.73. The highest BCUT2D eigenvalue weighted by Gasteiger charge is 2.17. The first kappa shape index (κ1) is 19.4. The Hall–Kier alpha value is -2.89. The molecule has 0 fully saturated rings. The number of nitrogens with one attached hydrogen (secondary N) is 1. The quantitative estimate of drug-likeness (QED) is 0.785. The fourth-order valence-electron chi connectivity index (χ4n) is 2.73. The first-order chi connectivity index (χ1) is 12.5. The smallest absolute Gasteiger partial charge is 0.251 e. The van der Waals surface area contributed by atoms with Crippen molar-refractivity contribution in [3.63, 3.8) is 0 Å². The Balaban J connectivity index is 2.10. The van der Waals surface area contributed by atoms with Crippen LogP contribution in [0.2, 0.25) is 0 Å². The Morgan fingerprint density at radius 2 is 1.50 bits per heavy atom. The van der Waals surface area contributed by atoms with E-state index in [0.29, 0.717) is 35.8 Å². The molecule has 1 N–H and O–H groups in total. The van der Waals surface area contributed by atoms with Gasteiger partial charge < -0.3 is 24.3 Å². The Morgan fingerprint density at radius 1 is 0.885 bits per heavy atom. The summed E-state index contributed by atoms with van der Waals surface area (Å²) < 4.78 is 21.2. The fraction of sp³-hybridized carbons (Fsp3) is 0.350. The van der Waals surface area contributed by atoms with Gasteiger partial charge in [0, 0.05) is 12.1 Å². The molecule has 0 radical (unpaired) electrons. The van der Waals surface area contributed by atoms with E-state index in [1.165, 1.54) is 21.3 Å². The number of methoxy groups -OCH3 is 4. The largest absolute Gasteiger partial charge is 0.496 e. The second kappa shape index (κ2) is 8.99. The number of carbonyl (C=O) groups is 1. The van der Waals surface area contributed by atoms with Gasteiger partial charge in [-0.1, -0.05) is 17.7 Å². The Morgan fingerprint density at radius 3 is 2.04 bits per heavy atom. The molecule has 0 saturated carbocycles. The zero-order valence-electron chi connectivity index (χ0n) is 15.8. The number of ether oxygens (including phenoxy) is 4. The zero-order valence-corrected chi connectivity index (χ0v) is 15.8. The summed E-state index contributed by atoms with van der Waals surface area (Å²) in [4.78, 5) is 12.5. The number of benzene rings is 2. The van der Waals surface area contributed by atoms with Crippen molar-refractivity contribution >= 4 is 5.91 Å². The number of aryl methyl sites for hydroxylation is 1. The minimum absolute atomic E-state index is 0.212. The monoisotopic (exact) mass is 359 g/mol. The molecule has 0 saturated heterocycles. The summed E-state index contributed by atoms with van der Waals surface area (Å²) in [6.07, 6.45) is 0.668. The molecule has 140 valence electrons. The van der Waals surface area contributed by atoms with Crippen molar-refractivity contribution in [1.29, 1.82) is 0 Å². The average Bonchev–Trinajstić information content (AvgIpc) is 2.66. The van der Waals surface area contributed by atoms with Gasteiger partial charge in [0.15, 0.2) is 11.5 Å². The maximum atomic E-state index is 12.5. The van der Waals surface area contributed by atoms with E-state index in [1.807, 2.05) is 19.1 Å². The van der Waals surface area contributed by atoms with Crippen LogP contribution in [0.5, 0.6) is 23.0 Å². The summed E-state index contributed by atoms with van der Waals surface area (Å²) >= 11 is 0. The summed E-state index contributed by atoms with van der Waals surface area (Å²) in [6, 6.07) is 9.25. The molecule has 1 amide bonds. The molecule has 0 bridgehead atoms. The molecule has 2 rings (SSSR count). The summed E-state index contributed by atoms with van der Waals surface area (Å²) in [7, 11) is 6.20. The standard InChI is InChI=1S/C20H25NO5/c1-13-6-7-16(23-2)14(10-13)8-9-21-20(22)15-11-17(24-3)19(26-5)18(12-15)25-4/h6-7,10-12H,8-9H2,1-5H3,(H,21,22). The normalized spacial score (nSPS) is 10.2. The van der Waals surface area contributed by atoms with Gasteiger partial charge in [-0.25, -0.2) is 0 Å². The second-order valence-corrected chi connectivity index (χ2v) is 5.74. The number of amides is 1. The van der Waals surface area contributed by atoms with E-state index in [9.17, 15) is 4.79 Å². The van der Waals surface area contributed by atoms with E-state index in [-0.39, 0.29) is 5.91 Å². The molecule has 0 aliphatic carbocycles. The molecule has 0 heterocycles. The molecule has 2 aromatic rings. The third-order valence-corrected chi connectivity index (χ3v) is 4.04. The summed E-state index contributed by atoms with van der Waals surface area (Å²) in [5, 5.41) is 2.91. The van der Waals surface area contributed by atoms with Crippen LogP contribution < -0.4 is 24.3 Å². The molecule has 6 nitrogen and oxygen atoms in total. The highest BCUT2D eigenvalue weighted by Crippen LogP contribution is 2.38. The summed E-state index contributed by atoms with van der Waals surface area (Å²) in [5.41, 5.74) is 2.64. The van der Waals surface area contributed by atoms with E-state index in [2.05, 4.69) is 11.4 Å². The van der Waals surface area contributed by atoms with Gasteiger partial charge in [0.05, 0.1) is 28.4 Å². The van der Waals surface area contributed by atoms with Crippen molar-refractivity contribution in [2.75, 3.05) is 35.0 Å². The first-order valence-corrected chi connectivity index (χ1v) is 8.25. The van der Waals surface area contributed by atoms with Gasteiger partial charge in [0.25, 0.3) is 5.91 Å². The van der Waals surface area contributed by atoms with Crippen LogP contribution in [0, 0.1) is 6.92 Å². The van der Waals surface area contributed by atoms with Gasteiger partial charge in [0.2, 0.25) is 5.75 Å². The minimum atomic E-state index is -0.212. The lowest BCUT2D eigenvalue weighted by molar-refractivity contribution is 0.0953. The molecule has 26 heavy (non-hydrogen) atoms. The second-order valence-electron chi connectivity index (χ2n) is 5.74. The van der Waals surface area contributed by atoms with Crippen LogP contribution in [0.4, 0.5) is 0 Å². The van der Waals surface area contributed by atoms with Crippen LogP contribution in [0.3, 0.4) is 0 Å². The predicted octanol–water partition coefficient (Wildman–Crippen LogP) is 3.00. The molecule has 0 atom stereocenters. The maximum Gasteiger partial charge on any atom is 0.251 e. The minimum Gasteiger partial charge on any atom is -0.496 e. The van der Waals surface area contributed by atoms with Gasteiger partial charge >= 0.3 is 0 Å². The van der Waals surface area contributed by atoms with Crippen LogP contribution in [-0.4, -0.2) is 40.9 Å². The molecule has 0 aliphatic heterocycles. The lowest BCUT2D eigenvalue weighted by atomic mass is 10.1. The summed E-state index contributed by atoms with van der Waals surface area (Å²) in [6.45, 7) is 2.51. The third kappa shape index (κ3) is 4.39. The van der Waals surface area contributed by atoms with Gasteiger partial charge in [-0.15, -0.1) is 0 Å². The van der Waals surface area contributed by atoms with Crippen LogP contribution in [0.25, 0.3) is 0 Å². The Labute approximate surface area is 154 Å². The molecular formula is C20H25NO5. The van der Waals surface area contributed by atoms with E-state index in [4.69, 9.17) is 18.9 Å². The molecule has 0 unspecified atom stereocenters. The lowest BCUT2D eigenvalue weighted by Crippen LogP contribution is -2.26. The molecule has 2 aromatic carbocycles. The van der Waals surface area contributed by atoms with Crippen LogP contribution in [0.1, 0.15) is 21.5 Å². The van der Waals surface area contributed by atoms with Gasteiger partial charge in [-0.2, -0.15) is 0 Å². The highest BCUT2D eigenvalue weighted by molar-refractivity contribution is 5.95. The van der Waals surface area contributed by atoms with Crippen molar-refractivity contribution in [3.8, 4) is 23.0 Å². The van der Waals surface area contributed by atoms with Crippen molar-refractivity contribution in [3.05, 3.63) is 47.0 Å². The van der Waals surface area contributed by atoms with E-state index in [1.54, 1.807) is 19.2 Å². The van der Waals surface area contributed by atoms with Crippen LogP contribution in [-0.2, 0) is 6.42 Å². The Bertz CT molecular complexity index is 748. The van der Waals surface area contributed by atoms with E-state index < -0.39 is 0 Å². The third-order valence-electron chi connectivity index (χ3n) is 4.04. The van der Waals surface area contributed by atoms with E-state index >= 15 is 0 Å². The molecule has 0 spiro atoms. The topological polar surface area (TPSA) is 66.0 Å². The molecule has 0 aromatic heterocycles. The SMILES string of the molecule is COc1ccc(C)cc1CCNC(=O)c1cc(OC)c(OC)c(OC)c1. The van der Waals surface area contributed by atoms with Crippen molar-refractivity contribution in [2.45, 2.75) is 13.3 Å². The van der Waals surface area contributed by atoms with Crippen molar-refractivity contribution < 1.29 is 23.7 Å². The molecular weight excluding hydrogens is 334 g/mol.